The zero-order valence-corrected chi connectivity index (χ0v) is 14.7. The molecule has 5 heteroatoms. The van der Waals surface area contributed by atoms with E-state index >= 15 is 0 Å². The van der Waals surface area contributed by atoms with E-state index in [1.54, 1.807) is 0 Å². The summed E-state index contributed by atoms with van der Waals surface area (Å²) in [6.07, 6.45) is 4.46. The lowest BCUT2D eigenvalue weighted by molar-refractivity contribution is 0.191. The molecule has 1 aromatic rings. The Labute approximate surface area is 132 Å². The Morgan fingerprint density at radius 3 is 2.84 bits per heavy atom. The molecule has 0 aliphatic carbocycles. The second-order valence-corrected chi connectivity index (χ2v) is 7.17. The van der Waals surface area contributed by atoms with Crippen molar-refractivity contribution in [3.8, 4) is 0 Å². The van der Waals surface area contributed by atoms with Crippen LogP contribution in [0, 0.1) is 0 Å². The van der Waals surface area contributed by atoms with Crippen LogP contribution in [0.25, 0.3) is 0 Å². The van der Waals surface area contributed by atoms with Crippen LogP contribution in [-0.2, 0) is 6.54 Å². The van der Waals surface area contributed by atoms with Crippen molar-refractivity contribution in [1.29, 1.82) is 0 Å². The van der Waals surface area contributed by atoms with Gasteiger partial charge in [0.05, 0.1) is 5.69 Å². The molecule has 0 bridgehead atoms. The standard InChI is InChI=1S/C14H21Br2N3/c1-10(2)19(8-12-4-3-5-17-12)9-14-13(16)6-11(15)7-18-14/h6-7,10,12,17H,3-5,8-9H2,1-2H3. The Hall–Kier alpha value is 0.0300. The quantitative estimate of drug-likeness (QED) is 0.832. The Balaban J connectivity index is 2.02. The second kappa shape index (κ2) is 7.16. The van der Waals surface area contributed by atoms with Gasteiger partial charge in [0, 0.05) is 40.3 Å². The summed E-state index contributed by atoms with van der Waals surface area (Å²) < 4.78 is 2.09. The number of pyridine rings is 1. The average molecular weight is 391 g/mol. The highest BCUT2D eigenvalue weighted by molar-refractivity contribution is 9.11. The fourth-order valence-electron chi connectivity index (χ4n) is 2.41. The van der Waals surface area contributed by atoms with Crippen LogP contribution in [-0.4, -0.2) is 35.1 Å². The van der Waals surface area contributed by atoms with E-state index in [0.717, 1.165) is 34.3 Å². The van der Waals surface area contributed by atoms with Gasteiger partial charge in [0.15, 0.2) is 0 Å². The molecule has 1 N–H and O–H groups in total. The van der Waals surface area contributed by atoms with Gasteiger partial charge in [-0.2, -0.15) is 0 Å². The third-order valence-electron chi connectivity index (χ3n) is 3.58. The highest BCUT2D eigenvalue weighted by Gasteiger charge is 2.20. The number of rotatable bonds is 5. The lowest BCUT2D eigenvalue weighted by atomic mass is 10.2. The van der Waals surface area contributed by atoms with Gasteiger partial charge in [0.1, 0.15) is 0 Å². The van der Waals surface area contributed by atoms with Crippen molar-refractivity contribution < 1.29 is 0 Å². The maximum atomic E-state index is 4.52. The van der Waals surface area contributed by atoms with E-state index in [4.69, 9.17) is 0 Å². The average Bonchev–Trinajstić information content (AvgIpc) is 2.84. The number of nitrogens with one attached hydrogen (secondary N) is 1. The summed E-state index contributed by atoms with van der Waals surface area (Å²) in [7, 11) is 0. The molecule has 0 spiro atoms. The zero-order valence-electron chi connectivity index (χ0n) is 11.5. The Bertz CT molecular complexity index is 417. The van der Waals surface area contributed by atoms with Crippen LogP contribution in [0.3, 0.4) is 0 Å². The third-order valence-corrected chi connectivity index (χ3v) is 4.70. The van der Waals surface area contributed by atoms with Crippen molar-refractivity contribution in [3.05, 3.63) is 26.9 Å². The van der Waals surface area contributed by atoms with Gasteiger partial charge in [-0.25, -0.2) is 0 Å². The van der Waals surface area contributed by atoms with E-state index in [0.29, 0.717) is 12.1 Å². The van der Waals surface area contributed by atoms with Crippen LogP contribution < -0.4 is 5.32 Å². The molecule has 0 radical (unpaired) electrons. The number of hydrogen-bond acceptors (Lipinski definition) is 3. The molecule has 1 saturated heterocycles. The molecule has 19 heavy (non-hydrogen) atoms. The first kappa shape index (κ1) is 15.4. The Kier molecular flexibility index (Phi) is 5.81. The highest BCUT2D eigenvalue weighted by atomic mass is 79.9. The fourth-order valence-corrected chi connectivity index (χ4v) is 3.52. The molecule has 1 aliphatic rings. The Morgan fingerprint density at radius 2 is 2.26 bits per heavy atom. The molecular weight excluding hydrogens is 370 g/mol. The van der Waals surface area contributed by atoms with Crippen LogP contribution >= 0.6 is 31.9 Å². The van der Waals surface area contributed by atoms with Gasteiger partial charge in [-0.3, -0.25) is 9.88 Å². The van der Waals surface area contributed by atoms with E-state index in [2.05, 4.69) is 67.0 Å². The summed E-state index contributed by atoms with van der Waals surface area (Å²) in [4.78, 5) is 7.01. The molecule has 3 nitrogen and oxygen atoms in total. The molecule has 106 valence electrons. The first-order chi connectivity index (χ1) is 9.06. The molecule has 1 aromatic heterocycles. The molecule has 1 atom stereocenters. The number of nitrogens with zero attached hydrogens (tertiary/aromatic N) is 2. The molecule has 2 heterocycles. The maximum absolute atomic E-state index is 4.52. The zero-order chi connectivity index (χ0) is 13.8. The van der Waals surface area contributed by atoms with Gasteiger partial charge < -0.3 is 5.32 Å². The summed E-state index contributed by atoms with van der Waals surface area (Å²) in [5, 5.41) is 3.57. The molecule has 0 saturated carbocycles. The van der Waals surface area contributed by atoms with Crippen molar-refractivity contribution >= 4 is 31.9 Å². The predicted molar refractivity (Wildman–Crippen MR) is 86.2 cm³/mol. The normalized spacial score (nSPS) is 19.6. The second-order valence-electron chi connectivity index (χ2n) is 5.40. The van der Waals surface area contributed by atoms with E-state index in [-0.39, 0.29) is 0 Å². The molecule has 0 amide bonds. The summed E-state index contributed by atoms with van der Waals surface area (Å²) in [5.41, 5.74) is 1.11. The number of aromatic nitrogens is 1. The molecule has 1 aliphatic heterocycles. The Morgan fingerprint density at radius 1 is 1.47 bits per heavy atom. The van der Waals surface area contributed by atoms with Crippen LogP contribution in [0.2, 0.25) is 0 Å². The van der Waals surface area contributed by atoms with Gasteiger partial charge in [0.25, 0.3) is 0 Å². The maximum Gasteiger partial charge on any atom is 0.0686 e. The summed E-state index contributed by atoms with van der Waals surface area (Å²) >= 11 is 7.05. The lowest BCUT2D eigenvalue weighted by Gasteiger charge is -2.29. The fraction of sp³-hybridized carbons (Fsp3) is 0.643. The number of hydrogen-bond donors (Lipinski definition) is 1. The van der Waals surface area contributed by atoms with E-state index < -0.39 is 0 Å². The largest absolute Gasteiger partial charge is 0.313 e. The van der Waals surface area contributed by atoms with Crippen LogP contribution in [0.5, 0.6) is 0 Å². The monoisotopic (exact) mass is 389 g/mol. The van der Waals surface area contributed by atoms with Crippen molar-refractivity contribution in [2.45, 2.75) is 45.3 Å². The van der Waals surface area contributed by atoms with Crippen molar-refractivity contribution in [1.82, 2.24) is 15.2 Å². The minimum absolute atomic E-state index is 0.528. The van der Waals surface area contributed by atoms with Crippen LogP contribution in [0.15, 0.2) is 21.2 Å². The van der Waals surface area contributed by atoms with Crippen molar-refractivity contribution in [2.75, 3.05) is 13.1 Å². The smallest absolute Gasteiger partial charge is 0.0686 e. The van der Waals surface area contributed by atoms with Crippen LogP contribution in [0.4, 0.5) is 0 Å². The van der Waals surface area contributed by atoms with Gasteiger partial charge >= 0.3 is 0 Å². The first-order valence-corrected chi connectivity index (χ1v) is 8.42. The van der Waals surface area contributed by atoms with Gasteiger partial charge in [-0.1, -0.05) is 0 Å². The minimum atomic E-state index is 0.528. The predicted octanol–water partition coefficient (Wildman–Crippen LogP) is 3.57. The van der Waals surface area contributed by atoms with Crippen LogP contribution in [0.1, 0.15) is 32.4 Å². The summed E-state index contributed by atoms with van der Waals surface area (Å²) in [6, 6.07) is 3.23. The molecular formula is C14H21Br2N3. The topological polar surface area (TPSA) is 28.2 Å². The lowest BCUT2D eigenvalue weighted by Crippen LogP contribution is -2.41. The highest BCUT2D eigenvalue weighted by Crippen LogP contribution is 2.22. The summed E-state index contributed by atoms with van der Waals surface area (Å²) in [6.45, 7) is 7.66. The summed E-state index contributed by atoms with van der Waals surface area (Å²) in [5.74, 6) is 0. The third kappa shape index (κ3) is 4.52. The molecule has 2 rings (SSSR count). The van der Waals surface area contributed by atoms with Gasteiger partial charge in [-0.15, -0.1) is 0 Å². The SMILES string of the molecule is CC(C)N(Cc1ncc(Br)cc1Br)CC1CCCN1. The molecule has 1 fully saturated rings. The van der Waals surface area contributed by atoms with Crippen molar-refractivity contribution in [3.63, 3.8) is 0 Å². The first-order valence-electron chi connectivity index (χ1n) is 6.83. The van der Waals surface area contributed by atoms with E-state index in [9.17, 15) is 0 Å². The van der Waals surface area contributed by atoms with Crippen molar-refractivity contribution in [2.24, 2.45) is 0 Å². The van der Waals surface area contributed by atoms with Gasteiger partial charge in [-0.05, 0) is 71.2 Å². The number of halogens is 2. The van der Waals surface area contributed by atoms with Gasteiger partial charge in [0.2, 0.25) is 0 Å². The van der Waals surface area contributed by atoms with E-state index in [1.807, 2.05) is 6.20 Å². The van der Waals surface area contributed by atoms with E-state index in [1.165, 1.54) is 12.8 Å². The molecule has 0 aromatic carbocycles. The molecule has 1 unspecified atom stereocenters. The minimum Gasteiger partial charge on any atom is -0.313 e.